The van der Waals surface area contributed by atoms with E-state index in [0.29, 0.717) is 54.2 Å². The van der Waals surface area contributed by atoms with Gasteiger partial charge in [-0.25, -0.2) is 18.6 Å². The van der Waals surface area contributed by atoms with Crippen molar-refractivity contribution in [1.29, 1.82) is 0 Å². The van der Waals surface area contributed by atoms with Crippen LogP contribution in [0.2, 0.25) is 0 Å². The minimum Gasteiger partial charge on any atom is -0.490 e. The number of nitrogens with one attached hydrogen (secondary N) is 1. The first-order valence-corrected chi connectivity index (χ1v) is 20.8. The molecule has 4 bridgehead atoms. The molecule has 0 radical (unpaired) electrons. The quantitative estimate of drug-likeness (QED) is 0.220. The largest absolute Gasteiger partial charge is 0.490 e. The van der Waals surface area contributed by atoms with Gasteiger partial charge in [-0.1, -0.05) is 0 Å². The van der Waals surface area contributed by atoms with E-state index in [2.05, 4.69) is 14.9 Å². The van der Waals surface area contributed by atoms with Crippen LogP contribution in [0.3, 0.4) is 0 Å². The molecule has 2 aliphatic heterocycles. The van der Waals surface area contributed by atoms with Crippen LogP contribution in [-0.4, -0.2) is 81.3 Å². The SMILES string of the molecule is O=C(NC1(C(=O)O)C2CC3CC(C2)CC1C3)c1ccc(-c2cn(C3CCC4(CC3)COC4)c3cc(OC4CCC(N5CC(F)(F)C5)CC4)ccc23)nc1C(F)(F)F. The zero-order valence-electron chi connectivity index (χ0n) is 31.8. The summed E-state index contributed by atoms with van der Waals surface area (Å²) in [5, 5.41) is 13.9. The van der Waals surface area contributed by atoms with Crippen LogP contribution in [0.5, 0.6) is 5.75 Å². The summed E-state index contributed by atoms with van der Waals surface area (Å²) in [5.74, 6) is -4.05. The second-order valence-electron chi connectivity index (χ2n) is 18.7. The minimum absolute atomic E-state index is 0.0634. The summed E-state index contributed by atoms with van der Waals surface area (Å²) in [4.78, 5) is 32.8. The lowest BCUT2D eigenvalue weighted by Crippen LogP contribution is -2.70. The number of carbonyl (C=O) groups is 2. The topological polar surface area (TPSA) is 106 Å². The average Bonchev–Trinajstić information content (AvgIpc) is 3.53. The number of nitrogens with zero attached hydrogens (tertiary/aromatic N) is 3. The van der Waals surface area contributed by atoms with Crippen molar-refractivity contribution < 1.29 is 46.1 Å². The highest BCUT2D eigenvalue weighted by Gasteiger charge is 2.62. The summed E-state index contributed by atoms with van der Waals surface area (Å²) in [6.07, 6.45) is 7.23. The number of carboxylic acids is 1. The van der Waals surface area contributed by atoms with E-state index in [-0.39, 0.29) is 54.2 Å². The van der Waals surface area contributed by atoms with Gasteiger partial charge in [-0.15, -0.1) is 0 Å². The van der Waals surface area contributed by atoms with Crippen molar-refractivity contribution in [2.75, 3.05) is 26.3 Å². The van der Waals surface area contributed by atoms with Crippen molar-refractivity contribution in [3.63, 3.8) is 0 Å². The molecule has 0 unspecified atom stereocenters. The monoisotopic (exact) mass is 796 g/mol. The zero-order chi connectivity index (χ0) is 39.5. The van der Waals surface area contributed by atoms with Gasteiger partial charge in [0.05, 0.1) is 49.2 Å². The molecule has 3 aromatic rings. The lowest BCUT2D eigenvalue weighted by atomic mass is 9.48. The molecule has 6 saturated carbocycles. The number of amides is 1. The van der Waals surface area contributed by atoms with E-state index in [9.17, 15) is 36.6 Å². The molecule has 8 aliphatic rings. The van der Waals surface area contributed by atoms with E-state index in [1.165, 1.54) is 6.07 Å². The van der Waals surface area contributed by atoms with Gasteiger partial charge in [-0.2, -0.15) is 13.2 Å². The number of benzene rings is 1. The van der Waals surface area contributed by atoms with E-state index in [1.807, 2.05) is 29.3 Å². The van der Waals surface area contributed by atoms with E-state index in [4.69, 9.17) is 9.47 Å². The molecule has 2 N–H and O–H groups in total. The molecule has 0 atom stereocenters. The van der Waals surface area contributed by atoms with Crippen molar-refractivity contribution in [2.45, 2.75) is 119 Å². The number of hydrogen-bond donors (Lipinski definition) is 2. The Hall–Kier alpha value is -3.78. The number of fused-ring (bicyclic) bond motifs is 1. The number of carbonyl (C=O) groups excluding carboxylic acids is 1. The first kappa shape index (κ1) is 37.5. The molecule has 306 valence electrons. The highest BCUT2D eigenvalue weighted by atomic mass is 19.4. The molecule has 8 fully saturated rings. The maximum absolute atomic E-state index is 14.9. The van der Waals surface area contributed by atoms with Crippen molar-refractivity contribution >= 4 is 22.8 Å². The summed E-state index contributed by atoms with van der Waals surface area (Å²) >= 11 is 0. The van der Waals surface area contributed by atoms with Gasteiger partial charge in [0, 0.05) is 40.7 Å². The Morgan fingerprint density at radius 2 is 1.54 bits per heavy atom. The molecule has 9 nitrogen and oxygen atoms in total. The molecule has 2 aromatic heterocycles. The highest BCUT2D eigenvalue weighted by Crippen LogP contribution is 2.58. The molecular weight excluding hydrogens is 747 g/mol. The fourth-order valence-electron chi connectivity index (χ4n) is 12.3. The number of aliphatic carboxylic acids is 1. The molecule has 57 heavy (non-hydrogen) atoms. The molecule has 14 heteroatoms. The number of halogens is 5. The molecule has 4 heterocycles. The van der Waals surface area contributed by atoms with E-state index in [0.717, 1.165) is 82.6 Å². The van der Waals surface area contributed by atoms with E-state index in [1.54, 1.807) is 0 Å². The third kappa shape index (κ3) is 6.42. The number of alkyl halides is 5. The van der Waals surface area contributed by atoms with Crippen LogP contribution in [0.15, 0.2) is 36.5 Å². The first-order valence-electron chi connectivity index (χ1n) is 20.8. The Balaban J connectivity index is 0.952. The number of ether oxygens (including phenoxy) is 2. The van der Waals surface area contributed by atoms with Gasteiger partial charge in [-0.05, 0) is 131 Å². The summed E-state index contributed by atoms with van der Waals surface area (Å²) in [7, 11) is 0. The van der Waals surface area contributed by atoms with E-state index < -0.39 is 40.8 Å². The molecule has 11 rings (SSSR count). The Morgan fingerprint density at radius 1 is 0.877 bits per heavy atom. The van der Waals surface area contributed by atoms with Gasteiger partial charge in [0.25, 0.3) is 11.8 Å². The van der Waals surface area contributed by atoms with Gasteiger partial charge in [0.2, 0.25) is 0 Å². The van der Waals surface area contributed by atoms with Crippen LogP contribution in [0.25, 0.3) is 22.2 Å². The second-order valence-corrected chi connectivity index (χ2v) is 18.7. The second kappa shape index (κ2) is 13.4. The van der Waals surface area contributed by atoms with Crippen molar-refractivity contribution in [3.8, 4) is 17.0 Å². The van der Waals surface area contributed by atoms with Crippen LogP contribution < -0.4 is 10.1 Å². The van der Waals surface area contributed by atoms with Gasteiger partial charge in [0.1, 0.15) is 11.3 Å². The standard InChI is InChI=1S/C43H49F5N4O5/c44-41(45)20-51(21-41)28-1-3-30(4-2-28)57-31-5-6-32-34(19-52(36(32)18-31)29-9-11-40(12-10-29)22-56-23-40)35-8-7-33(37(49-35)43(46,47)48)38(53)50-42(39(54)55)26-14-24-13-25(16-26)17-27(42)15-24/h5-8,18-19,24-30H,1-4,9-17,20-23H2,(H,50,53)(H,54,55). The lowest BCUT2D eigenvalue weighted by molar-refractivity contribution is -0.163. The van der Waals surface area contributed by atoms with E-state index >= 15 is 0 Å². The Labute approximate surface area is 327 Å². The zero-order valence-corrected chi connectivity index (χ0v) is 31.8. The fourth-order valence-corrected chi connectivity index (χ4v) is 12.3. The number of pyridine rings is 1. The van der Waals surface area contributed by atoms with Crippen LogP contribution >= 0.6 is 0 Å². The summed E-state index contributed by atoms with van der Waals surface area (Å²) < 4.78 is 85.9. The molecule has 6 aliphatic carbocycles. The summed E-state index contributed by atoms with van der Waals surface area (Å²) in [5.41, 5.74) is -2.06. The fraction of sp³-hybridized carbons (Fsp3) is 0.651. The lowest BCUT2D eigenvalue weighted by Gasteiger charge is -2.59. The van der Waals surface area contributed by atoms with Gasteiger partial charge in [-0.3, -0.25) is 9.69 Å². The Morgan fingerprint density at radius 3 is 2.12 bits per heavy atom. The van der Waals surface area contributed by atoms with Crippen LogP contribution in [0.4, 0.5) is 22.0 Å². The number of aromatic nitrogens is 2. The van der Waals surface area contributed by atoms with Crippen LogP contribution in [0, 0.1) is 29.1 Å². The molecule has 2 saturated heterocycles. The van der Waals surface area contributed by atoms with Crippen LogP contribution in [-0.2, 0) is 15.7 Å². The molecule has 1 aromatic carbocycles. The maximum Gasteiger partial charge on any atom is 0.434 e. The highest BCUT2D eigenvalue weighted by molar-refractivity contribution is 6.00. The smallest absolute Gasteiger partial charge is 0.434 e. The third-order valence-corrected chi connectivity index (χ3v) is 15.1. The predicted molar refractivity (Wildman–Crippen MR) is 199 cm³/mol. The number of rotatable bonds is 8. The third-order valence-electron chi connectivity index (χ3n) is 15.1. The van der Waals surface area contributed by atoms with Crippen LogP contribution in [0.1, 0.15) is 106 Å². The normalized spacial score (nSPS) is 33.2. The van der Waals surface area contributed by atoms with Crippen molar-refractivity contribution in [3.05, 3.63) is 47.8 Å². The number of carboxylic acid groups (broad SMARTS) is 1. The van der Waals surface area contributed by atoms with Gasteiger partial charge in [0.15, 0.2) is 5.69 Å². The average molecular weight is 797 g/mol. The van der Waals surface area contributed by atoms with Crippen molar-refractivity contribution in [1.82, 2.24) is 19.8 Å². The Kier molecular flexibility index (Phi) is 8.79. The Bertz CT molecular complexity index is 2040. The maximum atomic E-state index is 14.9. The number of likely N-dealkylation sites (tertiary alicyclic amines) is 1. The number of hydrogen-bond acceptors (Lipinski definition) is 6. The van der Waals surface area contributed by atoms with Crippen molar-refractivity contribution in [2.24, 2.45) is 29.1 Å². The predicted octanol–water partition coefficient (Wildman–Crippen LogP) is 8.50. The molecular formula is C43H49F5N4O5. The summed E-state index contributed by atoms with van der Waals surface area (Å²) in [6, 6.07) is 8.42. The summed E-state index contributed by atoms with van der Waals surface area (Å²) in [6.45, 7) is 1.13. The molecule has 1 spiro atoms. The first-order chi connectivity index (χ1) is 27.2. The minimum atomic E-state index is -4.99. The van der Waals surface area contributed by atoms with Gasteiger partial charge >= 0.3 is 12.1 Å². The van der Waals surface area contributed by atoms with Gasteiger partial charge < -0.3 is 24.5 Å². The molecule has 1 amide bonds.